The number of fused-ring (bicyclic) bond motifs is 1. The van der Waals surface area contributed by atoms with Gasteiger partial charge in [-0.2, -0.15) is 0 Å². The van der Waals surface area contributed by atoms with Crippen LogP contribution in [0.1, 0.15) is 24.0 Å². The van der Waals surface area contributed by atoms with Crippen LogP contribution < -0.4 is 5.73 Å². The Hall–Kier alpha value is -2.83. The lowest BCUT2D eigenvalue weighted by Crippen LogP contribution is -2.17. The van der Waals surface area contributed by atoms with E-state index in [1.165, 1.54) is 0 Å². The number of amidine groups is 1. The summed E-state index contributed by atoms with van der Waals surface area (Å²) in [4.78, 5) is 8.48. The number of hydrogen-bond acceptors (Lipinski definition) is 2. The molecule has 0 saturated carbocycles. The maximum Gasteiger partial charge on any atom is 0.180 e. The number of nitrogens with zero attached hydrogens (tertiary/aromatic N) is 3. The summed E-state index contributed by atoms with van der Waals surface area (Å²) in [6.07, 6.45) is 1.54. The van der Waals surface area contributed by atoms with Gasteiger partial charge < -0.3 is 5.73 Å². The van der Waals surface area contributed by atoms with Gasteiger partial charge in [-0.3, -0.25) is 9.39 Å². The number of pyridine rings is 1. The van der Waals surface area contributed by atoms with Crippen molar-refractivity contribution in [2.45, 2.75) is 13.3 Å². The summed E-state index contributed by atoms with van der Waals surface area (Å²) >= 11 is 0. The van der Waals surface area contributed by atoms with Crippen molar-refractivity contribution in [3.05, 3.63) is 71.1 Å². The van der Waals surface area contributed by atoms with Gasteiger partial charge in [-0.1, -0.05) is 6.07 Å². The van der Waals surface area contributed by atoms with Crippen molar-refractivity contribution >= 4 is 11.4 Å². The summed E-state index contributed by atoms with van der Waals surface area (Å²) < 4.78 is 42.9. The van der Waals surface area contributed by atoms with Crippen LogP contribution in [0.15, 0.2) is 41.5 Å². The summed E-state index contributed by atoms with van der Waals surface area (Å²) in [7, 11) is 0. The molecule has 0 unspecified atom stereocenters. The van der Waals surface area contributed by atoms with Crippen LogP contribution in [-0.2, 0) is 6.42 Å². The molecule has 3 aromatic rings. The van der Waals surface area contributed by atoms with E-state index < -0.39 is 17.5 Å². The first-order valence-corrected chi connectivity index (χ1v) is 7.41. The predicted molar refractivity (Wildman–Crippen MR) is 85.6 cm³/mol. The van der Waals surface area contributed by atoms with Gasteiger partial charge in [-0.05, 0) is 31.2 Å². The summed E-state index contributed by atoms with van der Waals surface area (Å²) in [6.45, 7) is 2.32. The van der Waals surface area contributed by atoms with Gasteiger partial charge in [0.25, 0.3) is 0 Å². The van der Waals surface area contributed by atoms with Crippen LogP contribution >= 0.6 is 0 Å². The van der Waals surface area contributed by atoms with Crippen molar-refractivity contribution in [1.82, 2.24) is 9.38 Å². The molecule has 0 bridgehead atoms. The fraction of sp³-hybridized carbons (Fsp3) is 0.176. The van der Waals surface area contributed by atoms with E-state index in [0.717, 1.165) is 12.1 Å². The Morgan fingerprint density at radius 3 is 2.67 bits per heavy atom. The van der Waals surface area contributed by atoms with Crippen molar-refractivity contribution in [3.63, 3.8) is 0 Å². The molecule has 0 aliphatic carbocycles. The average Bonchev–Trinajstić information content (AvgIpc) is 2.94. The lowest BCUT2D eigenvalue weighted by Gasteiger charge is -2.04. The van der Waals surface area contributed by atoms with Crippen LogP contribution in [0.25, 0.3) is 5.52 Å². The Morgan fingerprint density at radius 2 is 1.92 bits per heavy atom. The van der Waals surface area contributed by atoms with Crippen molar-refractivity contribution < 1.29 is 13.2 Å². The van der Waals surface area contributed by atoms with Crippen LogP contribution in [-0.4, -0.2) is 21.8 Å². The van der Waals surface area contributed by atoms with Crippen molar-refractivity contribution in [1.29, 1.82) is 0 Å². The zero-order valence-electron chi connectivity index (χ0n) is 12.9. The minimum absolute atomic E-state index is 0.192. The predicted octanol–water partition coefficient (Wildman–Crippen LogP) is 3.07. The van der Waals surface area contributed by atoms with Gasteiger partial charge in [0.1, 0.15) is 5.82 Å². The topological polar surface area (TPSA) is 55.7 Å². The van der Waals surface area contributed by atoms with E-state index in [1.54, 1.807) is 28.8 Å². The number of benzene rings is 1. The van der Waals surface area contributed by atoms with Crippen LogP contribution in [0.3, 0.4) is 0 Å². The SMILES string of the molecule is CCN=C(N)c1nc(Cc2c(F)ccc(F)c2F)c2ccccn12. The summed E-state index contributed by atoms with van der Waals surface area (Å²) in [5.41, 5.74) is 6.58. The molecule has 0 amide bonds. The first-order valence-electron chi connectivity index (χ1n) is 7.41. The standard InChI is InChI=1S/C17H15F3N4/c1-2-22-16(21)17-23-13(14-5-3-4-8-24(14)17)9-10-11(18)6-7-12(19)15(10)20/h3-8H,2,9H2,1H3,(H2,21,22). The van der Waals surface area contributed by atoms with Gasteiger partial charge in [0.2, 0.25) is 0 Å². The zero-order valence-corrected chi connectivity index (χ0v) is 12.9. The molecule has 3 rings (SSSR count). The molecule has 0 atom stereocenters. The van der Waals surface area contributed by atoms with E-state index in [-0.39, 0.29) is 17.8 Å². The Bertz CT molecular complexity index is 931. The number of aromatic nitrogens is 2. The molecule has 2 heterocycles. The smallest absolute Gasteiger partial charge is 0.180 e. The van der Waals surface area contributed by atoms with Gasteiger partial charge in [-0.15, -0.1) is 0 Å². The van der Waals surface area contributed by atoms with E-state index in [4.69, 9.17) is 5.73 Å². The molecule has 1 aromatic carbocycles. The van der Waals surface area contributed by atoms with E-state index in [0.29, 0.717) is 23.6 Å². The number of hydrogen-bond donors (Lipinski definition) is 1. The lowest BCUT2D eigenvalue weighted by atomic mass is 10.1. The maximum absolute atomic E-state index is 13.9. The third-order valence-corrected chi connectivity index (χ3v) is 3.67. The Kier molecular flexibility index (Phi) is 4.24. The molecular weight excluding hydrogens is 317 g/mol. The molecule has 4 nitrogen and oxygen atoms in total. The average molecular weight is 332 g/mol. The highest BCUT2D eigenvalue weighted by Crippen LogP contribution is 2.22. The summed E-state index contributed by atoms with van der Waals surface area (Å²) in [6, 6.07) is 6.97. The fourth-order valence-electron chi connectivity index (χ4n) is 2.55. The van der Waals surface area contributed by atoms with Crippen LogP contribution in [0.2, 0.25) is 0 Å². The van der Waals surface area contributed by atoms with E-state index in [9.17, 15) is 13.2 Å². The second kappa shape index (κ2) is 6.35. The molecule has 0 spiro atoms. The van der Waals surface area contributed by atoms with Gasteiger partial charge in [-0.25, -0.2) is 18.2 Å². The first-order chi connectivity index (χ1) is 11.5. The molecule has 24 heavy (non-hydrogen) atoms. The Labute approximate surface area is 136 Å². The van der Waals surface area contributed by atoms with Crippen molar-refractivity contribution in [2.24, 2.45) is 10.7 Å². The molecule has 7 heteroatoms. The number of aliphatic imine (C=N–C) groups is 1. The van der Waals surface area contributed by atoms with Crippen LogP contribution in [0.5, 0.6) is 0 Å². The molecule has 0 radical (unpaired) electrons. The van der Waals surface area contributed by atoms with Crippen LogP contribution in [0.4, 0.5) is 13.2 Å². The highest BCUT2D eigenvalue weighted by atomic mass is 19.2. The van der Waals surface area contributed by atoms with Crippen molar-refractivity contribution in [2.75, 3.05) is 6.54 Å². The van der Waals surface area contributed by atoms with E-state index >= 15 is 0 Å². The minimum Gasteiger partial charge on any atom is -0.381 e. The maximum atomic E-state index is 13.9. The highest BCUT2D eigenvalue weighted by Gasteiger charge is 2.19. The minimum atomic E-state index is -1.20. The van der Waals surface area contributed by atoms with E-state index in [2.05, 4.69) is 9.98 Å². The zero-order chi connectivity index (χ0) is 17.3. The van der Waals surface area contributed by atoms with Gasteiger partial charge in [0, 0.05) is 24.7 Å². The number of imidazole rings is 1. The monoisotopic (exact) mass is 332 g/mol. The van der Waals surface area contributed by atoms with Gasteiger partial charge >= 0.3 is 0 Å². The third kappa shape index (κ3) is 2.73. The third-order valence-electron chi connectivity index (χ3n) is 3.67. The Balaban J connectivity index is 2.15. The number of nitrogens with two attached hydrogens (primary N) is 1. The molecule has 124 valence electrons. The number of rotatable bonds is 4. The summed E-state index contributed by atoms with van der Waals surface area (Å²) in [5, 5.41) is 0. The van der Waals surface area contributed by atoms with Gasteiger partial charge in [0.05, 0.1) is 11.2 Å². The van der Waals surface area contributed by atoms with E-state index in [1.807, 2.05) is 6.92 Å². The number of halogens is 3. The molecule has 2 N–H and O–H groups in total. The van der Waals surface area contributed by atoms with Gasteiger partial charge in [0.15, 0.2) is 23.3 Å². The second-order valence-corrected chi connectivity index (χ2v) is 5.20. The quantitative estimate of drug-likeness (QED) is 0.453. The van der Waals surface area contributed by atoms with Crippen molar-refractivity contribution in [3.8, 4) is 0 Å². The molecule has 0 aliphatic rings. The first kappa shape index (κ1) is 16.0. The second-order valence-electron chi connectivity index (χ2n) is 5.20. The Morgan fingerprint density at radius 1 is 1.17 bits per heavy atom. The molecular formula is C17H15F3N4. The normalized spacial score (nSPS) is 12.1. The summed E-state index contributed by atoms with van der Waals surface area (Å²) in [5.74, 6) is -2.50. The molecule has 2 aromatic heterocycles. The lowest BCUT2D eigenvalue weighted by molar-refractivity contribution is 0.482. The molecule has 0 saturated heterocycles. The molecule has 0 aliphatic heterocycles. The highest BCUT2D eigenvalue weighted by molar-refractivity contribution is 5.95. The molecule has 0 fully saturated rings. The van der Waals surface area contributed by atoms with Crippen LogP contribution in [0, 0.1) is 17.5 Å². The fourth-order valence-corrected chi connectivity index (χ4v) is 2.55. The largest absolute Gasteiger partial charge is 0.381 e.